The lowest BCUT2D eigenvalue weighted by Crippen LogP contribution is -2.37. The summed E-state index contributed by atoms with van der Waals surface area (Å²) in [6.45, 7) is 0.497. The summed E-state index contributed by atoms with van der Waals surface area (Å²) in [5.41, 5.74) is 0.492. The van der Waals surface area contributed by atoms with Crippen molar-refractivity contribution in [3.63, 3.8) is 0 Å². The summed E-state index contributed by atoms with van der Waals surface area (Å²) in [6.07, 6.45) is 6.62. The van der Waals surface area contributed by atoms with Gasteiger partial charge in [0.15, 0.2) is 5.82 Å². The number of nitrogens with zero attached hydrogens (tertiary/aromatic N) is 5. The molecule has 1 aromatic carbocycles. The Bertz CT molecular complexity index is 976. The summed E-state index contributed by atoms with van der Waals surface area (Å²) >= 11 is 0. The molecule has 0 radical (unpaired) electrons. The largest absolute Gasteiger partial charge is 0.332 e. The van der Waals surface area contributed by atoms with Crippen molar-refractivity contribution < 1.29 is 12.9 Å². The third-order valence-corrected chi connectivity index (χ3v) is 6.31. The van der Waals surface area contributed by atoms with Gasteiger partial charge in [0.2, 0.25) is 10.0 Å². The lowest BCUT2D eigenvalue weighted by molar-refractivity contribution is 0.369. The first-order valence-corrected chi connectivity index (χ1v) is 9.74. The Balaban J connectivity index is 1.54. The van der Waals surface area contributed by atoms with E-state index in [1.165, 1.54) is 0 Å². The van der Waals surface area contributed by atoms with E-state index in [1.54, 1.807) is 53.2 Å². The zero-order valence-corrected chi connectivity index (χ0v) is 14.7. The van der Waals surface area contributed by atoms with Gasteiger partial charge in [-0.05, 0) is 25.0 Å². The van der Waals surface area contributed by atoms with E-state index in [1.807, 2.05) is 0 Å². The average Bonchev–Trinajstić information content (AvgIpc) is 3.33. The van der Waals surface area contributed by atoms with Crippen LogP contribution in [0.4, 0.5) is 0 Å². The molecule has 1 aliphatic rings. The highest BCUT2D eigenvalue weighted by molar-refractivity contribution is 7.89. The van der Waals surface area contributed by atoms with Crippen molar-refractivity contribution in [3.05, 3.63) is 54.7 Å². The van der Waals surface area contributed by atoms with Crippen LogP contribution in [0.5, 0.6) is 0 Å². The predicted octanol–water partition coefficient (Wildman–Crippen LogP) is 1.92. The molecule has 0 aliphatic carbocycles. The SMILES string of the molecule is O=S(=O)(c1ccccc1)N1CCCC1Cc1noc(-c2cnccn2)n1. The van der Waals surface area contributed by atoms with E-state index < -0.39 is 10.0 Å². The Hall–Kier alpha value is -2.65. The molecule has 134 valence electrons. The topological polar surface area (TPSA) is 102 Å². The number of rotatable bonds is 5. The summed E-state index contributed by atoms with van der Waals surface area (Å²) < 4.78 is 32.6. The number of hydrogen-bond acceptors (Lipinski definition) is 7. The second-order valence-electron chi connectivity index (χ2n) is 6.04. The molecule has 0 bridgehead atoms. The fourth-order valence-electron chi connectivity index (χ4n) is 3.12. The van der Waals surface area contributed by atoms with Crippen LogP contribution < -0.4 is 0 Å². The number of hydrogen-bond donors (Lipinski definition) is 0. The fraction of sp³-hybridized carbons (Fsp3) is 0.294. The van der Waals surface area contributed by atoms with E-state index in [0.29, 0.717) is 29.4 Å². The van der Waals surface area contributed by atoms with Crippen molar-refractivity contribution in [2.45, 2.75) is 30.2 Å². The number of benzene rings is 1. The molecule has 0 saturated carbocycles. The van der Waals surface area contributed by atoms with E-state index in [4.69, 9.17) is 4.52 Å². The molecule has 8 nitrogen and oxygen atoms in total. The van der Waals surface area contributed by atoms with E-state index in [9.17, 15) is 8.42 Å². The van der Waals surface area contributed by atoms with Crippen LogP contribution in [0.15, 0.2) is 58.3 Å². The highest BCUT2D eigenvalue weighted by Gasteiger charge is 2.36. The molecule has 1 unspecified atom stereocenters. The van der Waals surface area contributed by atoms with Crippen LogP contribution >= 0.6 is 0 Å². The minimum Gasteiger partial charge on any atom is -0.332 e. The van der Waals surface area contributed by atoms with Crippen LogP contribution in [0.2, 0.25) is 0 Å². The third-order valence-electron chi connectivity index (χ3n) is 4.34. The maximum Gasteiger partial charge on any atom is 0.278 e. The summed E-state index contributed by atoms with van der Waals surface area (Å²) in [4.78, 5) is 12.7. The molecule has 9 heteroatoms. The summed E-state index contributed by atoms with van der Waals surface area (Å²) in [5, 5.41) is 3.97. The Kier molecular flexibility index (Phi) is 4.48. The standard InChI is InChI=1S/C17H17N5O3S/c23-26(24,14-6-2-1-3-7-14)22-10-4-5-13(22)11-16-20-17(25-21-16)15-12-18-8-9-19-15/h1-3,6-9,12-13H,4-5,10-11H2. The van der Waals surface area contributed by atoms with Crippen molar-refractivity contribution in [3.8, 4) is 11.6 Å². The molecule has 2 aromatic heterocycles. The molecular formula is C17H17N5O3S. The van der Waals surface area contributed by atoms with E-state index >= 15 is 0 Å². The van der Waals surface area contributed by atoms with Gasteiger partial charge >= 0.3 is 0 Å². The van der Waals surface area contributed by atoms with Gasteiger partial charge in [-0.2, -0.15) is 9.29 Å². The van der Waals surface area contributed by atoms with Crippen LogP contribution in [-0.4, -0.2) is 45.4 Å². The van der Waals surface area contributed by atoms with Gasteiger partial charge in [0.1, 0.15) is 5.69 Å². The maximum absolute atomic E-state index is 12.9. The molecule has 1 fully saturated rings. The van der Waals surface area contributed by atoms with Crippen molar-refractivity contribution in [1.29, 1.82) is 0 Å². The lowest BCUT2D eigenvalue weighted by Gasteiger charge is -2.23. The summed E-state index contributed by atoms with van der Waals surface area (Å²) in [6, 6.07) is 8.30. The molecule has 1 atom stereocenters. The first-order chi connectivity index (χ1) is 12.6. The van der Waals surface area contributed by atoms with Crippen molar-refractivity contribution in [2.24, 2.45) is 0 Å². The van der Waals surface area contributed by atoms with Gasteiger partial charge in [-0.25, -0.2) is 13.4 Å². The third kappa shape index (κ3) is 3.23. The molecular weight excluding hydrogens is 354 g/mol. The van der Waals surface area contributed by atoms with Crippen LogP contribution in [-0.2, 0) is 16.4 Å². The lowest BCUT2D eigenvalue weighted by atomic mass is 10.1. The van der Waals surface area contributed by atoms with Gasteiger partial charge in [0, 0.05) is 31.4 Å². The van der Waals surface area contributed by atoms with Crippen molar-refractivity contribution in [1.82, 2.24) is 24.4 Å². The molecule has 0 amide bonds. The molecule has 0 N–H and O–H groups in total. The maximum atomic E-state index is 12.9. The van der Waals surface area contributed by atoms with E-state index in [2.05, 4.69) is 20.1 Å². The molecule has 3 aromatic rings. The van der Waals surface area contributed by atoms with Gasteiger partial charge in [-0.3, -0.25) is 4.98 Å². The monoisotopic (exact) mass is 371 g/mol. The molecule has 1 saturated heterocycles. The first kappa shape index (κ1) is 16.8. The van der Waals surface area contributed by atoms with Crippen LogP contribution in [0.25, 0.3) is 11.6 Å². The average molecular weight is 371 g/mol. The smallest absolute Gasteiger partial charge is 0.278 e. The molecule has 3 heterocycles. The van der Waals surface area contributed by atoms with Crippen molar-refractivity contribution >= 4 is 10.0 Å². The number of aromatic nitrogens is 4. The van der Waals surface area contributed by atoms with Gasteiger partial charge < -0.3 is 4.52 Å². The number of sulfonamides is 1. The summed E-state index contributed by atoms with van der Waals surface area (Å²) in [7, 11) is -3.53. The van der Waals surface area contributed by atoms with E-state index in [0.717, 1.165) is 12.8 Å². The Morgan fingerprint density at radius 3 is 2.81 bits per heavy atom. The predicted molar refractivity (Wildman–Crippen MR) is 92.4 cm³/mol. The van der Waals surface area contributed by atoms with Crippen LogP contribution in [0.3, 0.4) is 0 Å². The molecule has 26 heavy (non-hydrogen) atoms. The normalized spacial score (nSPS) is 18.2. The van der Waals surface area contributed by atoms with E-state index in [-0.39, 0.29) is 11.9 Å². The molecule has 0 spiro atoms. The summed E-state index contributed by atoms with van der Waals surface area (Å²) in [5.74, 6) is 0.745. The second kappa shape index (κ2) is 6.93. The zero-order valence-electron chi connectivity index (χ0n) is 13.9. The molecule has 4 rings (SSSR count). The minimum absolute atomic E-state index is 0.187. The Morgan fingerprint density at radius 1 is 1.19 bits per heavy atom. The minimum atomic E-state index is -3.53. The van der Waals surface area contributed by atoms with Gasteiger partial charge in [0.05, 0.1) is 11.1 Å². The second-order valence-corrected chi connectivity index (χ2v) is 7.93. The van der Waals surface area contributed by atoms with Crippen LogP contribution in [0, 0.1) is 0 Å². The van der Waals surface area contributed by atoms with Gasteiger partial charge in [-0.1, -0.05) is 23.4 Å². The van der Waals surface area contributed by atoms with Crippen molar-refractivity contribution in [2.75, 3.05) is 6.54 Å². The zero-order chi connectivity index (χ0) is 18.0. The first-order valence-electron chi connectivity index (χ1n) is 8.30. The Morgan fingerprint density at radius 2 is 2.04 bits per heavy atom. The fourth-order valence-corrected chi connectivity index (χ4v) is 4.83. The molecule has 1 aliphatic heterocycles. The van der Waals surface area contributed by atoms with Gasteiger partial charge in [-0.15, -0.1) is 0 Å². The van der Waals surface area contributed by atoms with Gasteiger partial charge in [0.25, 0.3) is 5.89 Å². The quantitative estimate of drug-likeness (QED) is 0.675. The highest BCUT2D eigenvalue weighted by Crippen LogP contribution is 2.28. The Labute approximate surface area is 151 Å². The highest BCUT2D eigenvalue weighted by atomic mass is 32.2. The van der Waals surface area contributed by atoms with Crippen LogP contribution in [0.1, 0.15) is 18.7 Å².